The van der Waals surface area contributed by atoms with E-state index >= 15 is 0 Å². The Morgan fingerprint density at radius 1 is 1.58 bits per heavy atom. The van der Waals surface area contributed by atoms with Crippen molar-refractivity contribution in [3.05, 3.63) is 0 Å². The Kier molecular flexibility index (Phi) is 7.01. The van der Waals surface area contributed by atoms with Crippen LogP contribution in [0.4, 0.5) is 4.79 Å². The van der Waals surface area contributed by atoms with Crippen LogP contribution in [0.5, 0.6) is 0 Å². The van der Waals surface area contributed by atoms with Gasteiger partial charge in [0.25, 0.3) is 0 Å². The van der Waals surface area contributed by atoms with Gasteiger partial charge < -0.3 is 20.1 Å². The average Bonchev–Trinajstić information content (AvgIpc) is 2.42. The molecule has 6 nitrogen and oxygen atoms in total. The highest BCUT2D eigenvalue weighted by molar-refractivity contribution is 7.98. The van der Waals surface area contributed by atoms with Crippen LogP contribution in [0.1, 0.15) is 19.8 Å². The van der Waals surface area contributed by atoms with Gasteiger partial charge in [-0.2, -0.15) is 11.8 Å². The first-order valence-corrected chi connectivity index (χ1v) is 7.86. The molecule has 0 radical (unpaired) electrons. The molecule has 0 bridgehead atoms. The molecular formula is C12H22N2O4S. The van der Waals surface area contributed by atoms with Crippen LogP contribution in [-0.4, -0.2) is 65.9 Å². The highest BCUT2D eigenvalue weighted by atomic mass is 32.2. The van der Waals surface area contributed by atoms with Crippen LogP contribution in [0.3, 0.4) is 0 Å². The molecule has 0 aliphatic carbocycles. The molecule has 7 heteroatoms. The first kappa shape index (κ1) is 16.1. The minimum Gasteiger partial charge on any atom is -0.480 e. The van der Waals surface area contributed by atoms with Crippen LogP contribution in [-0.2, 0) is 9.53 Å². The van der Waals surface area contributed by atoms with Crippen LogP contribution in [0.2, 0.25) is 0 Å². The smallest absolute Gasteiger partial charge is 0.326 e. The van der Waals surface area contributed by atoms with E-state index in [1.807, 2.05) is 13.2 Å². The average molecular weight is 290 g/mol. The molecule has 1 aliphatic heterocycles. The van der Waals surface area contributed by atoms with Crippen LogP contribution in [0.25, 0.3) is 0 Å². The van der Waals surface area contributed by atoms with Gasteiger partial charge in [-0.05, 0) is 24.9 Å². The van der Waals surface area contributed by atoms with Crippen molar-refractivity contribution in [1.29, 1.82) is 0 Å². The maximum absolute atomic E-state index is 12.1. The van der Waals surface area contributed by atoms with Crippen LogP contribution in [0.15, 0.2) is 0 Å². The Morgan fingerprint density at radius 2 is 2.32 bits per heavy atom. The van der Waals surface area contributed by atoms with Crippen LogP contribution in [0, 0.1) is 0 Å². The molecule has 1 saturated heterocycles. The number of nitrogens with one attached hydrogen (secondary N) is 1. The molecule has 0 saturated carbocycles. The lowest BCUT2D eigenvalue weighted by molar-refractivity contribution is -0.139. The standard InChI is InChI=1S/C12H22N2O4S/c1-3-9-8-18-6-5-14(9)12(17)13-10(11(15)16)4-7-19-2/h9-10H,3-8H2,1-2H3,(H,13,17)(H,15,16)/t9?,10-/m0/s1. The number of thioether (sulfide) groups is 1. The summed E-state index contributed by atoms with van der Waals surface area (Å²) in [5, 5.41) is 11.7. The number of carboxylic acid groups (broad SMARTS) is 1. The fourth-order valence-electron chi connectivity index (χ4n) is 1.99. The summed E-state index contributed by atoms with van der Waals surface area (Å²) in [5.74, 6) is -0.277. The molecule has 2 amide bonds. The Labute approximate surface area is 117 Å². The van der Waals surface area contributed by atoms with Crippen molar-refractivity contribution in [3.63, 3.8) is 0 Å². The van der Waals surface area contributed by atoms with E-state index in [0.29, 0.717) is 31.9 Å². The van der Waals surface area contributed by atoms with Crippen molar-refractivity contribution in [3.8, 4) is 0 Å². The summed E-state index contributed by atoms with van der Waals surface area (Å²) in [5.41, 5.74) is 0. The SMILES string of the molecule is CCC1COCCN1C(=O)N[C@@H](CCSC)C(=O)O. The number of aliphatic carboxylic acids is 1. The number of rotatable bonds is 6. The molecule has 1 fully saturated rings. The molecule has 2 atom stereocenters. The molecule has 110 valence electrons. The van der Waals surface area contributed by atoms with Crippen molar-refractivity contribution in [1.82, 2.24) is 10.2 Å². The Bertz CT molecular complexity index is 314. The molecule has 1 rings (SSSR count). The van der Waals surface area contributed by atoms with E-state index in [1.54, 1.807) is 16.7 Å². The highest BCUT2D eigenvalue weighted by Crippen LogP contribution is 2.11. The van der Waals surface area contributed by atoms with E-state index in [9.17, 15) is 9.59 Å². The second-order valence-corrected chi connectivity index (χ2v) is 5.44. The third-order valence-corrected chi connectivity index (χ3v) is 3.81. The Balaban J connectivity index is 2.56. The van der Waals surface area contributed by atoms with E-state index in [4.69, 9.17) is 9.84 Å². The van der Waals surface area contributed by atoms with Gasteiger partial charge in [0.2, 0.25) is 0 Å². The number of nitrogens with zero attached hydrogens (tertiary/aromatic N) is 1. The quantitative estimate of drug-likeness (QED) is 0.763. The topological polar surface area (TPSA) is 78.9 Å². The number of hydrogen-bond donors (Lipinski definition) is 2. The molecule has 0 aromatic rings. The molecule has 0 aromatic heterocycles. The van der Waals surface area contributed by atoms with Gasteiger partial charge in [-0.15, -0.1) is 0 Å². The molecule has 2 N–H and O–H groups in total. The molecule has 0 spiro atoms. The zero-order valence-corrected chi connectivity index (χ0v) is 12.2. The number of carbonyl (C=O) groups is 2. The third-order valence-electron chi connectivity index (χ3n) is 3.17. The highest BCUT2D eigenvalue weighted by Gasteiger charge is 2.29. The molecule has 1 aliphatic rings. The summed E-state index contributed by atoms with van der Waals surface area (Å²) < 4.78 is 5.33. The fourth-order valence-corrected chi connectivity index (χ4v) is 2.46. The van der Waals surface area contributed by atoms with Gasteiger partial charge in [0.1, 0.15) is 6.04 Å². The Hall–Kier alpha value is -0.950. The summed E-state index contributed by atoms with van der Waals surface area (Å²) in [6, 6.07) is -1.09. The van der Waals surface area contributed by atoms with Crippen LogP contribution >= 0.6 is 11.8 Å². The largest absolute Gasteiger partial charge is 0.480 e. The van der Waals surface area contributed by atoms with Crippen LogP contribution < -0.4 is 5.32 Å². The zero-order chi connectivity index (χ0) is 14.3. The van der Waals surface area contributed by atoms with E-state index in [0.717, 1.165) is 6.42 Å². The molecule has 1 unspecified atom stereocenters. The number of ether oxygens (including phenoxy) is 1. The third kappa shape index (κ3) is 4.91. The molecule has 0 aromatic carbocycles. The zero-order valence-electron chi connectivity index (χ0n) is 11.4. The molecule has 1 heterocycles. The van der Waals surface area contributed by atoms with Gasteiger partial charge in [0.05, 0.1) is 19.3 Å². The first-order valence-electron chi connectivity index (χ1n) is 6.46. The number of hydrogen-bond acceptors (Lipinski definition) is 4. The van der Waals surface area contributed by atoms with Crippen molar-refractivity contribution < 1.29 is 19.4 Å². The normalized spacial score (nSPS) is 20.9. The van der Waals surface area contributed by atoms with Gasteiger partial charge in [-0.25, -0.2) is 9.59 Å². The number of carboxylic acids is 1. The maximum atomic E-state index is 12.1. The minimum absolute atomic E-state index is 0.0312. The summed E-state index contributed by atoms with van der Waals surface area (Å²) in [4.78, 5) is 24.9. The maximum Gasteiger partial charge on any atom is 0.326 e. The predicted octanol–water partition coefficient (Wildman–Crippen LogP) is 1.01. The second kappa shape index (κ2) is 8.27. The van der Waals surface area contributed by atoms with E-state index in [2.05, 4.69) is 5.32 Å². The van der Waals surface area contributed by atoms with Gasteiger partial charge in [0, 0.05) is 6.54 Å². The van der Waals surface area contributed by atoms with Gasteiger partial charge >= 0.3 is 12.0 Å². The van der Waals surface area contributed by atoms with Crippen molar-refractivity contribution in [2.75, 3.05) is 31.8 Å². The van der Waals surface area contributed by atoms with Crippen molar-refractivity contribution in [2.45, 2.75) is 31.8 Å². The summed E-state index contributed by atoms with van der Waals surface area (Å²) in [6.45, 7) is 3.53. The monoisotopic (exact) mass is 290 g/mol. The van der Waals surface area contributed by atoms with Gasteiger partial charge in [0.15, 0.2) is 0 Å². The second-order valence-electron chi connectivity index (χ2n) is 4.45. The predicted molar refractivity (Wildman–Crippen MR) is 74.6 cm³/mol. The number of amides is 2. The Morgan fingerprint density at radius 3 is 2.89 bits per heavy atom. The number of urea groups is 1. The number of morpholine rings is 1. The fraction of sp³-hybridized carbons (Fsp3) is 0.833. The van der Waals surface area contributed by atoms with E-state index < -0.39 is 12.0 Å². The van der Waals surface area contributed by atoms with Crippen molar-refractivity contribution >= 4 is 23.8 Å². The minimum atomic E-state index is -0.983. The van der Waals surface area contributed by atoms with Gasteiger partial charge in [-0.3, -0.25) is 0 Å². The lowest BCUT2D eigenvalue weighted by atomic mass is 10.2. The first-order chi connectivity index (χ1) is 9.10. The van der Waals surface area contributed by atoms with E-state index in [-0.39, 0.29) is 12.1 Å². The summed E-state index contributed by atoms with van der Waals surface area (Å²) >= 11 is 1.57. The summed E-state index contributed by atoms with van der Waals surface area (Å²) in [7, 11) is 0. The molecular weight excluding hydrogens is 268 g/mol. The lowest BCUT2D eigenvalue weighted by Gasteiger charge is -2.35. The summed E-state index contributed by atoms with van der Waals surface area (Å²) in [6.07, 6.45) is 3.15. The van der Waals surface area contributed by atoms with Crippen molar-refractivity contribution in [2.24, 2.45) is 0 Å². The lowest BCUT2D eigenvalue weighted by Crippen LogP contribution is -2.55. The van der Waals surface area contributed by atoms with Gasteiger partial charge in [-0.1, -0.05) is 6.92 Å². The number of carbonyl (C=O) groups excluding carboxylic acids is 1. The molecule has 19 heavy (non-hydrogen) atoms. The van der Waals surface area contributed by atoms with E-state index in [1.165, 1.54) is 0 Å².